The molecule has 0 unspecified atom stereocenters. The predicted molar refractivity (Wildman–Crippen MR) is 104 cm³/mol. The van der Waals surface area contributed by atoms with Crippen LogP contribution in [0.4, 0.5) is 0 Å². The largest absolute Gasteiger partial charge is 0.496 e. The molecule has 0 atom stereocenters. The van der Waals surface area contributed by atoms with Crippen molar-refractivity contribution < 1.29 is 28.5 Å². The fourth-order valence-electron chi connectivity index (χ4n) is 2.64. The van der Waals surface area contributed by atoms with Crippen LogP contribution in [-0.4, -0.2) is 51.8 Å². The van der Waals surface area contributed by atoms with E-state index in [1.165, 1.54) is 38.4 Å². The highest BCUT2D eigenvalue weighted by Gasteiger charge is 2.21. The third-order valence-corrected chi connectivity index (χ3v) is 4.35. The van der Waals surface area contributed by atoms with E-state index in [-0.39, 0.29) is 23.8 Å². The normalized spacial score (nSPS) is 10.2. The molecule has 0 saturated carbocycles. The van der Waals surface area contributed by atoms with Crippen LogP contribution in [0.5, 0.6) is 17.2 Å². The van der Waals surface area contributed by atoms with Gasteiger partial charge in [-0.25, -0.2) is 4.79 Å². The average Bonchev–Trinajstić information content (AvgIpc) is 2.72. The lowest BCUT2D eigenvalue weighted by Gasteiger charge is -2.19. The molecule has 7 heteroatoms. The summed E-state index contributed by atoms with van der Waals surface area (Å²) in [5.74, 6) is 0.0537. The van der Waals surface area contributed by atoms with Crippen molar-refractivity contribution in [2.24, 2.45) is 0 Å². The Morgan fingerprint density at radius 1 is 0.929 bits per heavy atom. The summed E-state index contributed by atoms with van der Waals surface area (Å²) in [4.78, 5) is 26.3. The zero-order chi connectivity index (χ0) is 20.7. The van der Waals surface area contributed by atoms with Gasteiger partial charge in [0.05, 0.1) is 21.3 Å². The molecule has 2 aromatic carbocycles. The van der Waals surface area contributed by atoms with E-state index in [0.29, 0.717) is 18.0 Å². The van der Waals surface area contributed by atoms with Gasteiger partial charge in [-0.05, 0) is 18.1 Å². The van der Waals surface area contributed by atoms with Crippen LogP contribution < -0.4 is 14.2 Å². The fraction of sp³-hybridized carbons (Fsp3) is 0.333. The number of ether oxygens (including phenoxy) is 4. The van der Waals surface area contributed by atoms with E-state index in [9.17, 15) is 9.59 Å². The summed E-state index contributed by atoms with van der Waals surface area (Å²) < 4.78 is 20.8. The van der Waals surface area contributed by atoms with Crippen molar-refractivity contribution in [3.8, 4) is 17.2 Å². The zero-order valence-corrected chi connectivity index (χ0v) is 16.8. The lowest BCUT2D eigenvalue weighted by molar-refractivity contribution is -0.133. The quantitative estimate of drug-likeness (QED) is 0.649. The van der Waals surface area contributed by atoms with E-state index in [1.54, 1.807) is 7.05 Å². The van der Waals surface area contributed by atoms with Gasteiger partial charge in [0.25, 0.3) is 5.91 Å². The number of hydrogen-bond acceptors (Lipinski definition) is 6. The second-order valence-corrected chi connectivity index (χ2v) is 6.16. The molecule has 0 spiro atoms. The maximum Gasteiger partial charge on any atom is 0.342 e. The molecule has 0 aliphatic rings. The van der Waals surface area contributed by atoms with Crippen LogP contribution in [0, 0.1) is 6.92 Å². The Labute approximate surface area is 164 Å². The summed E-state index contributed by atoms with van der Waals surface area (Å²) in [7, 11) is 6.04. The number of esters is 1. The number of carbonyl (C=O) groups is 2. The van der Waals surface area contributed by atoms with Gasteiger partial charge in [-0.3, -0.25) is 4.79 Å². The summed E-state index contributed by atoms with van der Waals surface area (Å²) in [6.07, 6.45) is 0. The minimum absolute atomic E-state index is 0.148. The van der Waals surface area contributed by atoms with Crippen LogP contribution >= 0.6 is 0 Å². The highest BCUT2D eigenvalue weighted by atomic mass is 16.5. The number of amides is 1. The molecule has 1 amide bonds. The summed E-state index contributed by atoms with van der Waals surface area (Å²) in [6.45, 7) is 2.04. The van der Waals surface area contributed by atoms with Gasteiger partial charge in [0.1, 0.15) is 11.3 Å². The predicted octanol–water partition coefficient (Wildman–Crippen LogP) is 2.84. The highest BCUT2D eigenvalue weighted by Crippen LogP contribution is 2.34. The first-order chi connectivity index (χ1) is 13.4. The van der Waals surface area contributed by atoms with Gasteiger partial charge in [-0.2, -0.15) is 0 Å². The minimum atomic E-state index is -0.685. The molecular formula is C21H25NO6. The van der Waals surface area contributed by atoms with Crippen molar-refractivity contribution in [3.05, 3.63) is 53.1 Å². The van der Waals surface area contributed by atoms with Gasteiger partial charge in [-0.15, -0.1) is 0 Å². The molecule has 0 aliphatic heterocycles. The second-order valence-electron chi connectivity index (χ2n) is 6.16. The Morgan fingerprint density at radius 2 is 1.54 bits per heavy atom. The first-order valence-corrected chi connectivity index (χ1v) is 8.66. The Balaban J connectivity index is 2.05. The molecule has 0 heterocycles. The number of carbonyl (C=O) groups excluding carboxylic acids is 2. The third-order valence-electron chi connectivity index (χ3n) is 4.35. The summed E-state index contributed by atoms with van der Waals surface area (Å²) in [6, 6.07) is 10.8. The molecule has 28 heavy (non-hydrogen) atoms. The Hall–Kier alpha value is -3.22. The molecule has 0 N–H and O–H groups in total. The number of likely N-dealkylation sites (N-methyl/N-ethyl adjacent to an activating group) is 1. The van der Waals surface area contributed by atoms with Crippen molar-refractivity contribution >= 4 is 11.9 Å². The Bertz CT molecular complexity index is 849. The van der Waals surface area contributed by atoms with Gasteiger partial charge in [-0.1, -0.05) is 24.3 Å². The molecule has 0 bridgehead atoms. The highest BCUT2D eigenvalue weighted by molar-refractivity contribution is 5.95. The summed E-state index contributed by atoms with van der Waals surface area (Å²) in [5.41, 5.74) is 2.27. The van der Waals surface area contributed by atoms with Gasteiger partial charge >= 0.3 is 5.97 Å². The topological polar surface area (TPSA) is 74.3 Å². The van der Waals surface area contributed by atoms with Crippen molar-refractivity contribution in [1.29, 1.82) is 0 Å². The standard InChI is InChI=1S/C21H25NO6/c1-14-8-6-7-9-15(14)12-22(2)20(23)13-28-21(24)16-10-18(26-4)19(27-5)11-17(16)25-3/h6-11H,12-13H2,1-5H3. The molecule has 0 saturated heterocycles. The molecule has 0 fully saturated rings. The molecule has 150 valence electrons. The smallest absolute Gasteiger partial charge is 0.342 e. The molecule has 2 rings (SSSR count). The van der Waals surface area contributed by atoms with Crippen LogP contribution in [0.3, 0.4) is 0 Å². The lowest BCUT2D eigenvalue weighted by Crippen LogP contribution is -2.31. The van der Waals surface area contributed by atoms with Crippen LogP contribution in [0.15, 0.2) is 36.4 Å². The van der Waals surface area contributed by atoms with E-state index in [4.69, 9.17) is 18.9 Å². The van der Waals surface area contributed by atoms with Gasteiger partial charge in [0.15, 0.2) is 18.1 Å². The van der Waals surface area contributed by atoms with Crippen LogP contribution in [-0.2, 0) is 16.1 Å². The number of benzene rings is 2. The van der Waals surface area contributed by atoms with E-state index in [2.05, 4.69) is 0 Å². The molecule has 2 aromatic rings. The average molecular weight is 387 g/mol. The molecule has 0 aromatic heterocycles. The maximum atomic E-state index is 12.5. The van der Waals surface area contributed by atoms with Crippen molar-refractivity contribution in [2.75, 3.05) is 35.0 Å². The monoisotopic (exact) mass is 387 g/mol. The zero-order valence-electron chi connectivity index (χ0n) is 16.8. The fourth-order valence-corrected chi connectivity index (χ4v) is 2.64. The number of rotatable bonds is 8. The van der Waals surface area contributed by atoms with Crippen LogP contribution in [0.25, 0.3) is 0 Å². The molecule has 7 nitrogen and oxygen atoms in total. The van der Waals surface area contributed by atoms with Crippen molar-refractivity contribution in [1.82, 2.24) is 4.90 Å². The van der Waals surface area contributed by atoms with E-state index in [1.807, 2.05) is 31.2 Å². The van der Waals surface area contributed by atoms with Gasteiger partial charge in [0, 0.05) is 25.7 Å². The number of methoxy groups -OCH3 is 3. The van der Waals surface area contributed by atoms with Gasteiger partial charge < -0.3 is 23.8 Å². The number of aryl methyl sites for hydroxylation is 1. The third kappa shape index (κ3) is 4.94. The maximum absolute atomic E-state index is 12.5. The molecule has 0 radical (unpaired) electrons. The minimum Gasteiger partial charge on any atom is -0.496 e. The number of hydrogen-bond donors (Lipinski definition) is 0. The second kappa shape index (κ2) is 9.64. The number of nitrogens with zero attached hydrogens (tertiary/aromatic N) is 1. The lowest BCUT2D eigenvalue weighted by atomic mass is 10.1. The van der Waals surface area contributed by atoms with E-state index >= 15 is 0 Å². The summed E-state index contributed by atoms with van der Waals surface area (Å²) in [5, 5.41) is 0. The SMILES string of the molecule is COc1cc(OC)c(C(=O)OCC(=O)N(C)Cc2ccccc2C)cc1OC. The first-order valence-electron chi connectivity index (χ1n) is 8.66. The van der Waals surface area contributed by atoms with E-state index in [0.717, 1.165) is 11.1 Å². The van der Waals surface area contributed by atoms with E-state index < -0.39 is 5.97 Å². The molecule has 0 aliphatic carbocycles. The first kappa shape index (κ1) is 21.1. The summed E-state index contributed by atoms with van der Waals surface area (Å²) >= 11 is 0. The Morgan fingerprint density at radius 3 is 2.14 bits per heavy atom. The Kier molecular flexibility index (Phi) is 7.26. The van der Waals surface area contributed by atoms with Crippen LogP contribution in [0.2, 0.25) is 0 Å². The van der Waals surface area contributed by atoms with Crippen molar-refractivity contribution in [3.63, 3.8) is 0 Å². The van der Waals surface area contributed by atoms with Gasteiger partial charge in [0.2, 0.25) is 0 Å². The van der Waals surface area contributed by atoms with Crippen molar-refractivity contribution in [2.45, 2.75) is 13.5 Å². The molecular weight excluding hydrogens is 362 g/mol. The van der Waals surface area contributed by atoms with Crippen LogP contribution in [0.1, 0.15) is 21.5 Å².